The van der Waals surface area contributed by atoms with Gasteiger partial charge in [-0.3, -0.25) is 9.78 Å². The number of aromatic nitrogens is 2. The molecule has 104 valence electrons. The zero-order chi connectivity index (χ0) is 14.1. The molecule has 0 bridgehead atoms. The maximum absolute atomic E-state index is 11.3. The Bertz CT molecular complexity index is 655. The summed E-state index contributed by atoms with van der Waals surface area (Å²) in [4.78, 5) is 22.3. The van der Waals surface area contributed by atoms with Crippen LogP contribution in [0.1, 0.15) is 30.3 Å². The third-order valence-electron chi connectivity index (χ3n) is 3.83. The number of amides is 1. The van der Waals surface area contributed by atoms with E-state index >= 15 is 0 Å². The van der Waals surface area contributed by atoms with Gasteiger partial charge in [-0.05, 0) is 30.9 Å². The molecule has 5 nitrogen and oxygen atoms in total. The summed E-state index contributed by atoms with van der Waals surface area (Å²) < 4.78 is 0. The van der Waals surface area contributed by atoms with E-state index in [4.69, 9.17) is 5.73 Å². The van der Waals surface area contributed by atoms with E-state index < -0.39 is 5.91 Å². The fourth-order valence-electron chi connectivity index (χ4n) is 2.81. The molecule has 2 aromatic rings. The molecule has 1 aliphatic rings. The number of carbonyl (C=O) groups is 1. The van der Waals surface area contributed by atoms with Crippen LogP contribution in [0, 0.1) is 5.92 Å². The molecule has 3 rings (SSSR count). The van der Waals surface area contributed by atoms with Gasteiger partial charge in [0.15, 0.2) is 0 Å². The lowest BCUT2D eigenvalue weighted by Gasteiger charge is -2.32. The van der Waals surface area contributed by atoms with E-state index in [0.717, 1.165) is 29.7 Å². The largest absolute Gasteiger partial charge is 0.368 e. The summed E-state index contributed by atoms with van der Waals surface area (Å²) in [5.74, 6) is 0.167. The molecule has 0 saturated carbocycles. The second kappa shape index (κ2) is 5.07. The SMILES string of the molecule is CC1CCCN(c2cncc3ccc(C(N)=O)nc23)C1. The number of fused-ring (bicyclic) bond motifs is 1. The first-order chi connectivity index (χ1) is 9.65. The van der Waals surface area contributed by atoms with Crippen molar-refractivity contribution in [3.05, 3.63) is 30.2 Å². The van der Waals surface area contributed by atoms with Crippen LogP contribution in [0.25, 0.3) is 10.9 Å². The fourth-order valence-corrected chi connectivity index (χ4v) is 2.81. The maximum atomic E-state index is 11.3. The minimum Gasteiger partial charge on any atom is -0.368 e. The van der Waals surface area contributed by atoms with E-state index in [-0.39, 0.29) is 0 Å². The van der Waals surface area contributed by atoms with Crippen LogP contribution in [0.5, 0.6) is 0 Å². The number of hydrogen-bond donors (Lipinski definition) is 1. The molecular formula is C15H18N4O. The second-order valence-corrected chi connectivity index (χ2v) is 5.48. The first kappa shape index (κ1) is 12.8. The van der Waals surface area contributed by atoms with Crippen molar-refractivity contribution in [2.45, 2.75) is 19.8 Å². The molecule has 0 radical (unpaired) electrons. The maximum Gasteiger partial charge on any atom is 0.267 e. The Kier molecular flexibility index (Phi) is 3.26. The van der Waals surface area contributed by atoms with Crippen LogP contribution in [0.2, 0.25) is 0 Å². The molecule has 2 aromatic heterocycles. The predicted octanol–water partition coefficient (Wildman–Crippen LogP) is 1.96. The number of hydrogen-bond acceptors (Lipinski definition) is 4. The molecule has 1 unspecified atom stereocenters. The number of nitrogens with two attached hydrogens (primary N) is 1. The summed E-state index contributed by atoms with van der Waals surface area (Å²) in [7, 11) is 0. The van der Waals surface area contributed by atoms with Gasteiger partial charge in [-0.25, -0.2) is 4.98 Å². The van der Waals surface area contributed by atoms with Crippen LogP contribution in [-0.4, -0.2) is 29.0 Å². The van der Waals surface area contributed by atoms with Crippen molar-refractivity contribution >= 4 is 22.5 Å². The molecule has 1 aliphatic heterocycles. The zero-order valence-corrected chi connectivity index (χ0v) is 11.5. The Hall–Kier alpha value is -2.17. The first-order valence-electron chi connectivity index (χ1n) is 6.94. The van der Waals surface area contributed by atoms with Gasteiger partial charge < -0.3 is 10.6 Å². The molecule has 3 heterocycles. The van der Waals surface area contributed by atoms with E-state index in [2.05, 4.69) is 21.8 Å². The molecular weight excluding hydrogens is 252 g/mol. The number of anilines is 1. The first-order valence-corrected chi connectivity index (χ1v) is 6.94. The highest BCUT2D eigenvalue weighted by Gasteiger charge is 2.19. The minimum atomic E-state index is -0.498. The monoisotopic (exact) mass is 270 g/mol. The van der Waals surface area contributed by atoms with Crippen molar-refractivity contribution in [3.8, 4) is 0 Å². The highest BCUT2D eigenvalue weighted by atomic mass is 16.1. The zero-order valence-electron chi connectivity index (χ0n) is 11.5. The van der Waals surface area contributed by atoms with Crippen LogP contribution >= 0.6 is 0 Å². The van der Waals surface area contributed by atoms with Crippen molar-refractivity contribution < 1.29 is 4.79 Å². The lowest BCUT2D eigenvalue weighted by atomic mass is 9.99. The van der Waals surface area contributed by atoms with Crippen LogP contribution in [0.3, 0.4) is 0 Å². The van der Waals surface area contributed by atoms with Gasteiger partial charge in [0.05, 0.1) is 17.4 Å². The standard InChI is InChI=1S/C15H18N4O/c1-10-3-2-6-19(9-10)13-8-17-7-11-4-5-12(15(16)20)18-14(11)13/h4-5,7-8,10H,2-3,6,9H2,1H3,(H2,16,20). The van der Waals surface area contributed by atoms with Crippen LogP contribution < -0.4 is 10.6 Å². The Balaban J connectivity index is 2.09. The van der Waals surface area contributed by atoms with Crippen molar-refractivity contribution in [3.63, 3.8) is 0 Å². The number of rotatable bonds is 2. The molecule has 5 heteroatoms. The molecule has 0 aliphatic carbocycles. The quantitative estimate of drug-likeness (QED) is 0.905. The van der Waals surface area contributed by atoms with E-state index in [1.54, 1.807) is 12.3 Å². The van der Waals surface area contributed by atoms with Crippen LogP contribution in [0.4, 0.5) is 5.69 Å². The molecule has 0 aromatic carbocycles. The number of primary amides is 1. The van der Waals surface area contributed by atoms with Gasteiger partial charge in [-0.2, -0.15) is 0 Å². The smallest absolute Gasteiger partial charge is 0.267 e. The van der Waals surface area contributed by atoms with Gasteiger partial charge in [0.2, 0.25) is 0 Å². The van der Waals surface area contributed by atoms with Gasteiger partial charge in [0.1, 0.15) is 5.69 Å². The fraction of sp³-hybridized carbons (Fsp3) is 0.400. The van der Waals surface area contributed by atoms with Gasteiger partial charge in [0.25, 0.3) is 5.91 Å². The Labute approximate surface area is 117 Å². The number of nitrogens with zero attached hydrogens (tertiary/aromatic N) is 3. The average Bonchev–Trinajstić information content (AvgIpc) is 2.46. The highest BCUT2D eigenvalue weighted by Crippen LogP contribution is 2.28. The van der Waals surface area contributed by atoms with Gasteiger partial charge in [-0.15, -0.1) is 0 Å². The number of piperidine rings is 1. The van der Waals surface area contributed by atoms with Crippen molar-refractivity contribution in [1.29, 1.82) is 0 Å². The van der Waals surface area contributed by atoms with E-state index in [1.807, 2.05) is 12.3 Å². The summed E-state index contributed by atoms with van der Waals surface area (Å²) in [6.07, 6.45) is 6.03. The summed E-state index contributed by atoms with van der Waals surface area (Å²) in [6, 6.07) is 3.50. The van der Waals surface area contributed by atoms with Crippen molar-refractivity contribution in [2.75, 3.05) is 18.0 Å². The van der Waals surface area contributed by atoms with Crippen molar-refractivity contribution in [2.24, 2.45) is 11.7 Å². The number of pyridine rings is 2. The average molecular weight is 270 g/mol. The third kappa shape index (κ3) is 2.31. The highest BCUT2D eigenvalue weighted by molar-refractivity contribution is 5.96. The molecule has 2 N–H and O–H groups in total. The summed E-state index contributed by atoms with van der Waals surface area (Å²) in [5, 5.41) is 0.936. The second-order valence-electron chi connectivity index (χ2n) is 5.48. The summed E-state index contributed by atoms with van der Waals surface area (Å²) >= 11 is 0. The van der Waals surface area contributed by atoms with Gasteiger partial charge >= 0.3 is 0 Å². The van der Waals surface area contributed by atoms with E-state index in [0.29, 0.717) is 11.6 Å². The van der Waals surface area contributed by atoms with Gasteiger partial charge in [-0.1, -0.05) is 6.92 Å². The topological polar surface area (TPSA) is 72.1 Å². The molecule has 20 heavy (non-hydrogen) atoms. The van der Waals surface area contributed by atoms with E-state index in [1.165, 1.54) is 12.8 Å². The lowest BCUT2D eigenvalue weighted by Crippen LogP contribution is -2.34. The summed E-state index contributed by atoms with van der Waals surface area (Å²) in [6.45, 7) is 4.27. The van der Waals surface area contributed by atoms with Crippen LogP contribution in [-0.2, 0) is 0 Å². The Morgan fingerprint density at radius 3 is 3.00 bits per heavy atom. The molecule has 1 atom stereocenters. The summed E-state index contributed by atoms with van der Waals surface area (Å²) in [5.41, 5.74) is 7.43. The number of carbonyl (C=O) groups excluding carboxylic acids is 1. The minimum absolute atomic E-state index is 0.301. The third-order valence-corrected chi connectivity index (χ3v) is 3.83. The Morgan fingerprint density at radius 2 is 2.25 bits per heavy atom. The predicted molar refractivity (Wildman–Crippen MR) is 78.7 cm³/mol. The van der Waals surface area contributed by atoms with E-state index in [9.17, 15) is 4.79 Å². The van der Waals surface area contributed by atoms with Crippen molar-refractivity contribution in [1.82, 2.24) is 9.97 Å². The normalized spacial score (nSPS) is 19.2. The Morgan fingerprint density at radius 1 is 1.40 bits per heavy atom. The molecule has 1 amide bonds. The molecule has 1 fully saturated rings. The van der Waals surface area contributed by atoms with Crippen LogP contribution in [0.15, 0.2) is 24.5 Å². The molecule has 1 saturated heterocycles. The lowest BCUT2D eigenvalue weighted by molar-refractivity contribution is 0.0996. The van der Waals surface area contributed by atoms with Gasteiger partial charge in [0, 0.05) is 24.7 Å². The molecule has 0 spiro atoms.